The molecule has 2 heterocycles. The molecule has 1 amide bonds. The Balaban J connectivity index is 1.59. The molecule has 1 aromatic heterocycles. The van der Waals surface area contributed by atoms with Gasteiger partial charge in [-0.2, -0.15) is 0 Å². The molecule has 1 aliphatic heterocycles. The summed E-state index contributed by atoms with van der Waals surface area (Å²) >= 11 is 0. The van der Waals surface area contributed by atoms with Crippen molar-refractivity contribution in [2.24, 2.45) is 4.99 Å². The number of amides is 1. The molecule has 1 saturated carbocycles. The highest BCUT2D eigenvalue weighted by Crippen LogP contribution is 2.19. The number of guanidine groups is 1. The normalized spacial score (nSPS) is 21.1. The van der Waals surface area contributed by atoms with Crippen LogP contribution < -0.4 is 15.5 Å². The Morgan fingerprint density at radius 3 is 2.69 bits per heavy atom. The Kier molecular flexibility index (Phi) is 6.30. The van der Waals surface area contributed by atoms with Crippen molar-refractivity contribution in [3.05, 3.63) is 24.4 Å². The van der Waals surface area contributed by atoms with Gasteiger partial charge in [0.15, 0.2) is 5.96 Å². The van der Waals surface area contributed by atoms with E-state index in [0.29, 0.717) is 12.1 Å². The van der Waals surface area contributed by atoms with E-state index in [1.807, 2.05) is 24.4 Å². The van der Waals surface area contributed by atoms with Gasteiger partial charge in [0.1, 0.15) is 12.4 Å². The molecule has 3 rings (SSSR count). The van der Waals surface area contributed by atoms with E-state index in [-0.39, 0.29) is 12.5 Å². The van der Waals surface area contributed by atoms with Gasteiger partial charge in [0.05, 0.1) is 0 Å². The van der Waals surface area contributed by atoms with Crippen molar-refractivity contribution in [2.75, 3.05) is 38.6 Å². The molecule has 1 aliphatic carbocycles. The van der Waals surface area contributed by atoms with Crippen LogP contribution in [0.1, 0.15) is 32.1 Å². The Hall–Kier alpha value is -2.31. The molecule has 1 aromatic rings. The van der Waals surface area contributed by atoms with Crippen LogP contribution >= 0.6 is 0 Å². The van der Waals surface area contributed by atoms with E-state index in [0.717, 1.165) is 31.3 Å². The number of aliphatic imine (C=N–C) groups is 1. The molecule has 1 atom stereocenters. The van der Waals surface area contributed by atoms with Gasteiger partial charge in [0.25, 0.3) is 0 Å². The van der Waals surface area contributed by atoms with E-state index in [4.69, 9.17) is 0 Å². The Morgan fingerprint density at radius 2 is 2.00 bits per heavy atom. The number of rotatable bonds is 5. The lowest BCUT2D eigenvalue weighted by Crippen LogP contribution is -2.48. The lowest BCUT2D eigenvalue weighted by Gasteiger charge is -2.22. The molecule has 0 spiro atoms. The second kappa shape index (κ2) is 8.87. The molecule has 2 fully saturated rings. The van der Waals surface area contributed by atoms with E-state index in [1.165, 1.54) is 25.7 Å². The zero-order valence-electron chi connectivity index (χ0n) is 15.8. The average molecular weight is 358 g/mol. The van der Waals surface area contributed by atoms with Gasteiger partial charge in [0, 0.05) is 45.5 Å². The number of anilines is 1. The van der Waals surface area contributed by atoms with Crippen molar-refractivity contribution in [3.8, 4) is 0 Å². The minimum atomic E-state index is 0.0130. The topological polar surface area (TPSA) is 72.9 Å². The maximum atomic E-state index is 11.9. The standard InChI is InChI=1S/C19H30N6O/c1-24(2)18(26)13-21-19(22-15-7-3-4-8-15)23-16-10-12-25(14-16)17-9-5-6-11-20-17/h5-6,9,11,15-16H,3-4,7-8,10,12-14H2,1-2H3,(H2,21,22,23). The molecule has 2 aliphatic rings. The maximum Gasteiger partial charge on any atom is 0.243 e. The van der Waals surface area contributed by atoms with Crippen LogP contribution in [0.15, 0.2) is 29.4 Å². The zero-order valence-corrected chi connectivity index (χ0v) is 15.8. The second-order valence-corrected chi connectivity index (χ2v) is 7.34. The second-order valence-electron chi connectivity index (χ2n) is 7.34. The highest BCUT2D eigenvalue weighted by molar-refractivity contribution is 5.85. The molecule has 7 heteroatoms. The predicted molar refractivity (Wildman–Crippen MR) is 104 cm³/mol. The van der Waals surface area contributed by atoms with Crippen LogP contribution in [0.25, 0.3) is 0 Å². The summed E-state index contributed by atoms with van der Waals surface area (Å²) in [5.74, 6) is 1.79. The highest BCUT2D eigenvalue weighted by atomic mass is 16.2. The van der Waals surface area contributed by atoms with Gasteiger partial charge in [-0.1, -0.05) is 18.9 Å². The number of aromatic nitrogens is 1. The molecule has 26 heavy (non-hydrogen) atoms. The first-order chi connectivity index (χ1) is 12.6. The smallest absolute Gasteiger partial charge is 0.243 e. The van der Waals surface area contributed by atoms with Crippen LogP contribution in [-0.4, -0.2) is 67.6 Å². The number of nitrogens with one attached hydrogen (secondary N) is 2. The molecule has 0 bridgehead atoms. The summed E-state index contributed by atoms with van der Waals surface area (Å²) in [6, 6.07) is 6.77. The van der Waals surface area contributed by atoms with Gasteiger partial charge in [0.2, 0.25) is 5.91 Å². The number of carbonyl (C=O) groups excluding carboxylic acids is 1. The molecule has 0 radical (unpaired) electrons. The van der Waals surface area contributed by atoms with Crippen molar-refractivity contribution >= 4 is 17.7 Å². The van der Waals surface area contributed by atoms with Crippen LogP contribution in [-0.2, 0) is 4.79 Å². The van der Waals surface area contributed by atoms with Gasteiger partial charge in [-0.15, -0.1) is 0 Å². The lowest BCUT2D eigenvalue weighted by atomic mass is 10.2. The predicted octanol–water partition coefficient (Wildman–Crippen LogP) is 1.23. The highest BCUT2D eigenvalue weighted by Gasteiger charge is 2.25. The fraction of sp³-hybridized carbons (Fsp3) is 0.632. The fourth-order valence-corrected chi connectivity index (χ4v) is 3.50. The molecular formula is C19H30N6O. The molecule has 7 nitrogen and oxygen atoms in total. The van der Waals surface area contributed by atoms with Crippen LogP contribution in [0.2, 0.25) is 0 Å². The van der Waals surface area contributed by atoms with Crippen molar-refractivity contribution in [1.29, 1.82) is 0 Å². The first-order valence-electron chi connectivity index (χ1n) is 9.55. The van der Waals surface area contributed by atoms with Gasteiger partial charge < -0.3 is 20.4 Å². The van der Waals surface area contributed by atoms with Gasteiger partial charge >= 0.3 is 0 Å². The lowest BCUT2D eigenvalue weighted by molar-refractivity contribution is -0.127. The van der Waals surface area contributed by atoms with Crippen molar-refractivity contribution < 1.29 is 4.79 Å². The van der Waals surface area contributed by atoms with Gasteiger partial charge in [-0.3, -0.25) is 4.79 Å². The van der Waals surface area contributed by atoms with Crippen molar-refractivity contribution in [3.63, 3.8) is 0 Å². The molecular weight excluding hydrogens is 328 g/mol. The Morgan fingerprint density at radius 1 is 1.23 bits per heavy atom. The van der Waals surface area contributed by atoms with Crippen LogP contribution in [0.3, 0.4) is 0 Å². The van der Waals surface area contributed by atoms with E-state index in [2.05, 4.69) is 25.5 Å². The summed E-state index contributed by atoms with van der Waals surface area (Å²) in [5.41, 5.74) is 0. The minimum absolute atomic E-state index is 0.0130. The third-order valence-electron chi connectivity index (χ3n) is 5.07. The summed E-state index contributed by atoms with van der Waals surface area (Å²) in [5, 5.41) is 7.06. The van der Waals surface area contributed by atoms with Crippen LogP contribution in [0.4, 0.5) is 5.82 Å². The summed E-state index contributed by atoms with van der Waals surface area (Å²) in [6.07, 6.45) is 7.73. The minimum Gasteiger partial charge on any atom is -0.354 e. The molecule has 0 aromatic carbocycles. The molecule has 142 valence electrons. The van der Waals surface area contributed by atoms with E-state index in [1.54, 1.807) is 19.0 Å². The molecule has 1 saturated heterocycles. The van der Waals surface area contributed by atoms with Crippen LogP contribution in [0.5, 0.6) is 0 Å². The number of nitrogens with zero attached hydrogens (tertiary/aromatic N) is 4. The quantitative estimate of drug-likeness (QED) is 0.612. The Labute approximate surface area is 155 Å². The first-order valence-corrected chi connectivity index (χ1v) is 9.55. The number of likely N-dealkylation sites (N-methyl/N-ethyl adjacent to an activating group) is 1. The number of pyridine rings is 1. The monoisotopic (exact) mass is 358 g/mol. The van der Waals surface area contributed by atoms with E-state index in [9.17, 15) is 4.79 Å². The number of hydrogen-bond acceptors (Lipinski definition) is 4. The third kappa shape index (κ3) is 5.09. The first kappa shape index (κ1) is 18.5. The number of hydrogen-bond donors (Lipinski definition) is 2. The summed E-state index contributed by atoms with van der Waals surface area (Å²) in [4.78, 5) is 24.7. The number of carbonyl (C=O) groups is 1. The summed E-state index contributed by atoms with van der Waals surface area (Å²) < 4.78 is 0. The largest absolute Gasteiger partial charge is 0.354 e. The fourth-order valence-electron chi connectivity index (χ4n) is 3.50. The SMILES string of the molecule is CN(C)C(=O)CN=C(NC1CCCC1)NC1CCN(c2ccccn2)C1. The van der Waals surface area contributed by atoms with Gasteiger partial charge in [-0.25, -0.2) is 9.98 Å². The van der Waals surface area contributed by atoms with Crippen LogP contribution in [0, 0.1) is 0 Å². The zero-order chi connectivity index (χ0) is 18.4. The third-order valence-corrected chi connectivity index (χ3v) is 5.07. The van der Waals surface area contributed by atoms with E-state index >= 15 is 0 Å². The van der Waals surface area contributed by atoms with Crippen molar-refractivity contribution in [1.82, 2.24) is 20.5 Å². The van der Waals surface area contributed by atoms with Crippen molar-refractivity contribution in [2.45, 2.75) is 44.2 Å². The van der Waals surface area contributed by atoms with Gasteiger partial charge in [-0.05, 0) is 31.4 Å². The maximum absolute atomic E-state index is 11.9. The van der Waals surface area contributed by atoms with E-state index < -0.39 is 0 Å². The summed E-state index contributed by atoms with van der Waals surface area (Å²) in [7, 11) is 3.52. The Bertz CT molecular complexity index is 612. The molecule has 1 unspecified atom stereocenters. The summed E-state index contributed by atoms with van der Waals surface area (Å²) in [6.45, 7) is 2.04. The average Bonchev–Trinajstić information content (AvgIpc) is 3.32. The molecule has 2 N–H and O–H groups in total.